The third-order valence-electron chi connectivity index (χ3n) is 2.53. The zero-order valence-electron chi connectivity index (χ0n) is 10.2. The van der Waals surface area contributed by atoms with E-state index in [0.717, 1.165) is 6.07 Å². The van der Waals surface area contributed by atoms with Crippen LogP contribution in [0.3, 0.4) is 0 Å². The first kappa shape index (κ1) is 14.4. The molecular formula is C12H16FNO4. The number of aliphatic hydroxyl groups is 2. The number of methoxy groups -OCH3 is 1. The van der Waals surface area contributed by atoms with Gasteiger partial charge in [0.2, 0.25) is 0 Å². The van der Waals surface area contributed by atoms with Gasteiger partial charge in [0.1, 0.15) is 0 Å². The number of halogens is 1. The van der Waals surface area contributed by atoms with Crippen LogP contribution in [0.1, 0.15) is 17.3 Å². The lowest BCUT2D eigenvalue weighted by molar-refractivity contribution is 0.0723. The van der Waals surface area contributed by atoms with Gasteiger partial charge >= 0.3 is 0 Å². The first-order chi connectivity index (χ1) is 8.45. The lowest BCUT2D eigenvalue weighted by atomic mass is 10.0. The summed E-state index contributed by atoms with van der Waals surface area (Å²) in [5.74, 6) is -1.14. The van der Waals surface area contributed by atoms with Crippen LogP contribution < -0.4 is 10.1 Å². The highest BCUT2D eigenvalue weighted by Crippen LogP contribution is 2.18. The van der Waals surface area contributed by atoms with Gasteiger partial charge in [-0.2, -0.15) is 0 Å². The van der Waals surface area contributed by atoms with Crippen molar-refractivity contribution in [2.24, 2.45) is 0 Å². The average Bonchev–Trinajstić information content (AvgIpc) is 2.39. The van der Waals surface area contributed by atoms with Gasteiger partial charge in [-0.05, 0) is 25.1 Å². The van der Waals surface area contributed by atoms with E-state index in [1.807, 2.05) is 0 Å². The normalized spacial score (nSPS) is 11.2. The van der Waals surface area contributed by atoms with Crippen molar-refractivity contribution in [2.75, 3.05) is 20.3 Å². The van der Waals surface area contributed by atoms with E-state index in [1.54, 1.807) is 0 Å². The van der Waals surface area contributed by atoms with Gasteiger partial charge in [0, 0.05) is 5.56 Å². The lowest BCUT2D eigenvalue weighted by Gasteiger charge is -2.26. The zero-order valence-corrected chi connectivity index (χ0v) is 10.2. The van der Waals surface area contributed by atoms with Gasteiger partial charge in [-0.25, -0.2) is 4.39 Å². The Balaban J connectivity index is 2.91. The third kappa shape index (κ3) is 3.18. The highest BCUT2D eigenvalue weighted by Gasteiger charge is 2.25. The van der Waals surface area contributed by atoms with Crippen LogP contribution in [-0.2, 0) is 0 Å². The maximum Gasteiger partial charge on any atom is 0.252 e. The van der Waals surface area contributed by atoms with E-state index >= 15 is 0 Å². The molecule has 0 aliphatic carbocycles. The second-order valence-corrected chi connectivity index (χ2v) is 4.18. The molecule has 6 heteroatoms. The summed E-state index contributed by atoms with van der Waals surface area (Å²) in [5, 5.41) is 20.6. The number of carbonyl (C=O) groups is 1. The number of carbonyl (C=O) groups excluding carboxylic acids is 1. The number of amides is 1. The number of ether oxygens (including phenoxy) is 1. The lowest BCUT2D eigenvalue weighted by Crippen LogP contribution is -2.51. The van der Waals surface area contributed by atoms with E-state index in [4.69, 9.17) is 14.9 Å². The Morgan fingerprint density at radius 3 is 2.56 bits per heavy atom. The molecule has 1 aromatic rings. The fraction of sp³-hybridized carbons (Fsp3) is 0.417. The van der Waals surface area contributed by atoms with Gasteiger partial charge in [0.25, 0.3) is 5.91 Å². The first-order valence-electron chi connectivity index (χ1n) is 5.33. The molecule has 1 amide bonds. The molecule has 18 heavy (non-hydrogen) atoms. The van der Waals surface area contributed by atoms with Crippen LogP contribution in [0, 0.1) is 5.82 Å². The van der Waals surface area contributed by atoms with Gasteiger partial charge in [0.05, 0.1) is 25.9 Å². The van der Waals surface area contributed by atoms with E-state index in [-0.39, 0.29) is 11.3 Å². The molecular weight excluding hydrogens is 241 g/mol. The van der Waals surface area contributed by atoms with Crippen LogP contribution in [0.25, 0.3) is 0 Å². The summed E-state index contributed by atoms with van der Waals surface area (Å²) in [7, 11) is 1.30. The number of rotatable bonds is 5. The minimum absolute atomic E-state index is 0.0441. The number of hydrogen-bond acceptors (Lipinski definition) is 4. The summed E-state index contributed by atoms with van der Waals surface area (Å²) < 4.78 is 17.9. The molecule has 0 bridgehead atoms. The molecule has 0 spiro atoms. The molecule has 0 saturated heterocycles. The average molecular weight is 257 g/mol. The molecule has 0 fully saturated rings. The van der Waals surface area contributed by atoms with Crippen molar-refractivity contribution in [3.8, 4) is 5.75 Å². The molecule has 0 heterocycles. The van der Waals surface area contributed by atoms with Gasteiger partial charge in [-0.3, -0.25) is 4.79 Å². The molecule has 3 N–H and O–H groups in total. The van der Waals surface area contributed by atoms with E-state index in [1.165, 1.54) is 26.2 Å². The van der Waals surface area contributed by atoms with Gasteiger partial charge < -0.3 is 20.3 Å². The largest absolute Gasteiger partial charge is 0.494 e. The van der Waals surface area contributed by atoms with Gasteiger partial charge in [-0.1, -0.05) is 0 Å². The second kappa shape index (κ2) is 5.79. The van der Waals surface area contributed by atoms with Crippen molar-refractivity contribution < 1.29 is 24.1 Å². The summed E-state index contributed by atoms with van der Waals surface area (Å²) in [6.07, 6.45) is 0. The summed E-state index contributed by atoms with van der Waals surface area (Å²) in [4.78, 5) is 11.8. The number of nitrogens with one attached hydrogen (secondary N) is 1. The maximum absolute atomic E-state index is 13.2. The zero-order chi connectivity index (χ0) is 13.8. The SMILES string of the molecule is COc1cc(C(=O)NC(C)(CO)CO)ccc1F. The second-order valence-electron chi connectivity index (χ2n) is 4.18. The Morgan fingerprint density at radius 1 is 1.44 bits per heavy atom. The van der Waals surface area contributed by atoms with E-state index in [9.17, 15) is 9.18 Å². The highest BCUT2D eigenvalue weighted by molar-refractivity contribution is 5.95. The molecule has 1 rings (SSSR count). The minimum Gasteiger partial charge on any atom is -0.494 e. The molecule has 5 nitrogen and oxygen atoms in total. The van der Waals surface area contributed by atoms with Crippen LogP contribution in [0.2, 0.25) is 0 Å². The van der Waals surface area contributed by atoms with Crippen molar-refractivity contribution in [2.45, 2.75) is 12.5 Å². The predicted molar refractivity (Wildman–Crippen MR) is 63.0 cm³/mol. The van der Waals surface area contributed by atoms with E-state index in [2.05, 4.69) is 5.32 Å². The molecule has 0 aromatic heterocycles. The van der Waals surface area contributed by atoms with Crippen LogP contribution in [0.15, 0.2) is 18.2 Å². The Hall–Kier alpha value is -1.66. The van der Waals surface area contributed by atoms with Crippen molar-refractivity contribution in [3.05, 3.63) is 29.6 Å². The van der Waals surface area contributed by atoms with Crippen molar-refractivity contribution in [3.63, 3.8) is 0 Å². The summed E-state index contributed by atoms with van der Waals surface area (Å²) >= 11 is 0. The number of aliphatic hydroxyl groups excluding tert-OH is 2. The fourth-order valence-corrected chi connectivity index (χ4v) is 1.28. The summed E-state index contributed by atoms with van der Waals surface area (Å²) in [5.41, 5.74) is -0.944. The number of hydrogen-bond donors (Lipinski definition) is 3. The molecule has 1 aromatic carbocycles. The van der Waals surface area contributed by atoms with Crippen molar-refractivity contribution in [1.82, 2.24) is 5.32 Å². The number of benzene rings is 1. The van der Waals surface area contributed by atoms with Crippen LogP contribution >= 0.6 is 0 Å². The molecule has 0 aliphatic rings. The van der Waals surface area contributed by atoms with Crippen LogP contribution in [-0.4, -0.2) is 42.0 Å². The summed E-state index contributed by atoms with van der Waals surface area (Å²) in [6, 6.07) is 3.66. The van der Waals surface area contributed by atoms with Gasteiger partial charge in [0.15, 0.2) is 11.6 Å². The quantitative estimate of drug-likeness (QED) is 0.709. The van der Waals surface area contributed by atoms with E-state index in [0.29, 0.717) is 0 Å². The Labute approximate surface area is 104 Å². The minimum atomic E-state index is -1.13. The molecule has 0 saturated carbocycles. The molecule has 0 radical (unpaired) electrons. The monoisotopic (exact) mass is 257 g/mol. The third-order valence-corrected chi connectivity index (χ3v) is 2.53. The molecule has 100 valence electrons. The van der Waals surface area contributed by atoms with Crippen LogP contribution in [0.4, 0.5) is 4.39 Å². The standard InChI is InChI=1S/C12H16FNO4/c1-12(6-15,7-16)14-11(17)8-3-4-9(13)10(5-8)18-2/h3-5,15-16H,6-7H2,1-2H3,(H,14,17). The van der Waals surface area contributed by atoms with Crippen LogP contribution in [0.5, 0.6) is 5.75 Å². The Bertz CT molecular complexity index is 432. The fourth-order valence-electron chi connectivity index (χ4n) is 1.28. The highest BCUT2D eigenvalue weighted by atomic mass is 19.1. The topological polar surface area (TPSA) is 78.8 Å². The Kier molecular flexibility index (Phi) is 4.63. The molecule has 0 unspecified atom stereocenters. The first-order valence-corrected chi connectivity index (χ1v) is 5.33. The Morgan fingerprint density at radius 2 is 2.06 bits per heavy atom. The molecule has 0 aliphatic heterocycles. The molecule has 0 atom stereocenters. The van der Waals surface area contributed by atoms with Crippen molar-refractivity contribution in [1.29, 1.82) is 0 Å². The smallest absolute Gasteiger partial charge is 0.252 e. The van der Waals surface area contributed by atoms with E-state index < -0.39 is 30.5 Å². The van der Waals surface area contributed by atoms with Crippen molar-refractivity contribution >= 4 is 5.91 Å². The summed E-state index contributed by atoms with van der Waals surface area (Å²) in [6.45, 7) is 0.673. The predicted octanol–water partition coefficient (Wildman–Crippen LogP) is 0.307. The van der Waals surface area contributed by atoms with Gasteiger partial charge in [-0.15, -0.1) is 0 Å². The maximum atomic E-state index is 13.2.